The number of amides is 1. The molecule has 0 aromatic carbocycles. The number of nitrogens with one attached hydrogen (secondary N) is 1. The number of halogens is 3. The molecule has 0 radical (unpaired) electrons. The van der Waals surface area contributed by atoms with Gasteiger partial charge in [-0.15, -0.1) is 0 Å². The topological polar surface area (TPSA) is 64.4 Å². The van der Waals surface area contributed by atoms with Gasteiger partial charge in [-0.05, 0) is 25.2 Å². The molecule has 3 N–H and O–H groups in total. The predicted molar refractivity (Wildman–Crippen MR) is 59.8 cm³/mol. The molecule has 1 fully saturated rings. The van der Waals surface area contributed by atoms with Gasteiger partial charge in [-0.25, -0.2) is 0 Å². The van der Waals surface area contributed by atoms with E-state index in [9.17, 15) is 18.0 Å². The van der Waals surface area contributed by atoms with Crippen molar-refractivity contribution < 1.29 is 22.7 Å². The van der Waals surface area contributed by atoms with E-state index in [-0.39, 0.29) is 12.0 Å². The zero-order valence-corrected chi connectivity index (χ0v) is 10.6. The molecule has 7 heteroatoms. The quantitative estimate of drug-likeness (QED) is 0.808. The SMILES string of the molecule is CC1(CNC(=O)C(C)(N)C(F)(F)F)CCOCC1. The molecule has 1 heterocycles. The molecule has 1 aliphatic rings. The van der Waals surface area contributed by atoms with Crippen LogP contribution in [-0.4, -0.2) is 37.4 Å². The third kappa shape index (κ3) is 3.35. The van der Waals surface area contributed by atoms with Crippen molar-refractivity contribution >= 4 is 5.91 Å². The Morgan fingerprint density at radius 1 is 1.39 bits per heavy atom. The Morgan fingerprint density at radius 3 is 2.33 bits per heavy atom. The van der Waals surface area contributed by atoms with Gasteiger partial charge >= 0.3 is 6.18 Å². The number of rotatable bonds is 3. The largest absolute Gasteiger partial charge is 0.415 e. The number of ether oxygens (including phenoxy) is 1. The fourth-order valence-corrected chi connectivity index (χ4v) is 1.65. The van der Waals surface area contributed by atoms with Crippen LogP contribution in [-0.2, 0) is 9.53 Å². The second-order valence-corrected chi connectivity index (χ2v) is 5.31. The van der Waals surface area contributed by atoms with Crippen LogP contribution >= 0.6 is 0 Å². The van der Waals surface area contributed by atoms with Gasteiger partial charge in [0.1, 0.15) is 0 Å². The highest BCUT2D eigenvalue weighted by atomic mass is 19.4. The van der Waals surface area contributed by atoms with Crippen molar-refractivity contribution in [3.63, 3.8) is 0 Å². The minimum absolute atomic E-state index is 0.179. The van der Waals surface area contributed by atoms with E-state index in [1.807, 2.05) is 6.92 Å². The number of hydrogen-bond donors (Lipinski definition) is 2. The Balaban J connectivity index is 2.55. The van der Waals surface area contributed by atoms with E-state index in [4.69, 9.17) is 10.5 Å². The summed E-state index contributed by atoms with van der Waals surface area (Å²) in [5, 5.41) is 2.30. The summed E-state index contributed by atoms with van der Waals surface area (Å²) >= 11 is 0. The van der Waals surface area contributed by atoms with Crippen LogP contribution in [0.15, 0.2) is 0 Å². The lowest BCUT2D eigenvalue weighted by molar-refractivity contribution is -0.187. The number of alkyl halides is 3. The van der Waals surface area contributed by atoms with Crippen molar-refractivity contribution in [1.82, 2.24) is 5.32 Å². The molecule has 1 saturated heterocycles. The molecule has 106 valence electrons. The zero-order valence-electron chi connectivity index (χ0n) is 10.6. The molecule has 0 aromatic heterocycles. The van der Waals surface area contributed by atoms with Gasteiger partial charge in [-0.1, -0.05) is 6.92 Å². The summed E-state index contributed by atoms with van der Waals surface area (Å²) in [6.07, 6.45) is -3.34. The van der Waals surface area contributed by atoms with Crippen LogP contribution in [0.2, 0.25) is 0 Å². The standard InChI is InChI=1S/C11H19F3N2O2/c1-9(3-5-18-6-4-9)7-16-8(17)10(2,15)11(12,13)14/h3-7,15H2,1-2H3,(H,16,17). The van der Waals surface area contributed by atoms with Gasteiger partial charge in [0, 0.05) is 19.8 Å². The lowest BCUT2D eigenvalue weighted by Gasteiger charge is -2.35. The lowest BCUT2D eigenvalue weighted by Crippen LogP contribution is -2.62. The Bertz CT molecular complexity index is 310. The van der Waals surface area contributed by atoms with Crippen LogP contribution < -0.4 is 11.1 Å². The first-order valence-corrected chi connectivity index (χ1v) is 5.80. The summed E-state index contributed by atoms with van der Waals surface area (Å²) in [6, 6.07) is 0. The van der Waals surface area contributed by atoms with Crippen LogP contribution in [0.1, 0.15) is 26.7 Å². The van der Waals surface area contributed by atoms with E-state index in [0.717, 1.165) is 0 Å². The van der Waals surface area contributed by atoms with Crippen LogP contribution in [0.5, 0.6) is 0 Å². The van der Waals surface area contributed by atoms with Gasteiger partial charge in [0.05, 0.1) is 0 Å². The second kappa shape index (κ2) is 5.05. The third-order valence-corrected chi connectivity index (χ3v) is 3.44. The smallest absolute Gasteiger partial charge is 0.381 e. The highest BCUT2D eigenvalue weighted by Crippen LogP contribution is 2.30. The number of nitrogens with two attached hydrogens (primary N) is 1. The van der Waals surface area contributed by atoms with E-state index in [2.05, 4.69) is 5.32 Å². The van der Waals surface area contributed by atoms with Crippen LogP contribution in [0.25, 0.3) is 0 Å². The van der Waals surface area contributed by atoms with Gasteiger partial charge in [-0.2, -0.15) is 13.2 Å². The van der Waals surface area contributed by atoms with Gasteiger partial charge in [0.15, 0.2) is 5.54 Å². The Hall–Kier alpha value is -0.820. The second-order valence-electron chi connectivity index (χ2n) is 5.31. The molecule has 4 nitrogen and oxygen atoms in total. The molecule has 1 atom stereocenters. The van der Waals surface area contributed by atoms with Crippen molar-refractivity contribution in [1.29, 1.82) is 0 Å². The summed E-state index contributed by atoms with van der Waals surface area (Å²) in [7, 11) is 0. The average Bonchev–Trinajstić information content (AvgIpc) is 2.25. The molecule has 1 amide bonds. The maximum absolute atomic E-state index is 12.5. The van der Waals surface area contributed by atoms with Crippen LogP contribution in [0.4, 0.5) is 13.2 Å². The summed E-state index contributed by atoms with van der Waals surface area (Å²) < 4.78 is 42.8. The van der Waals surface area contributed by atoms with Crippen molar-refractivity contribution in [2.75, 3.05) is 19.8 Å². The first kappa shape index (κ1) is 15.2. The number of carbonyl (C=O) groups is 1. The van der Waals surface area contributed by atoms with E-state index >= 15 is 0 Å². The monoisotopic (exact) mass is 268 g/mol. The summed E-state index contributed by atoms with van der Waals surface area (Å²) in [4.78, 5) is 11.5. The molecule has 1 aliphatic heterocycles. The van der Waals surface area contributed by atoms with E-state index in [1.54, 1.807) is 0 Å². The lowest BCUT2D eigenvalue weighted by atomic mass is 9.82. The molecule has 0 spiro atoms. The Kier molecular flexibility index (Phi) is 4.27. The molecule has 1 rings (SSSR count). The van der Waals surface area contributed by atoms with Crippen LogP contribution in [0.3, 0.4) is 0 Å². The Labute approximate surface area is 104 Å². The highest BCUT2D eigenvalue weighted by Gasteiger charge is 2.54. The van der Waals surface area contributed by atoms with E-state index < -0.39 is 17.6 Å². The molecule has 1 unspecified atom stereocenters. The third-order valence-electron chi connectivity index (χ3n) is 3.44. The minimum atomic E-state index is -4.76. The van der Waals surface area contributed by atoms with Crippen molar-refractivity contribution in [2.45, 2.75) is 38.4 Å². The molecule has 18 heavy (non-hydrogen) atoms. The molecule has 0 saturated carbocycles. The van der Waals surface area contributed by atoms with Gasteiger partial charge in [0.25, 0.3) is 0 Å². The van der Waals surface area contributed by atoms with E-state index in [1.165, 1.54) is 0 Å². The summed E-state index contributed by atoms with van der Waals surface area (Å²) in [5.41, 5.74) is 1.96. The highest BCUT2D eigenvalue weighted by molar-refractivity contribution is 5.86. The van der Waals surface area contributed by atoms with Gasteiger partial charge < -0.3 is 15.8 Å². The van der Waals surface area contributed by atoms with Crippen LogP contribution in [0, 0.1) is 5.41 Å². The molecule has 0 aromatic rings. The fraction of sp³-hybridized carbons (Fsp3) is 0.909. The normalized spacial score (nSPS) is 23.2. The number of carbonyl (C=O) groups excluding carboxylic acids is 1. The average molecular weight is 268 g/mol. The van der Waals surface area contributed by atoms with Crippen molar-refractivity contribution in [2.24, 2.45) is 11.1 Å². The van der Waals surface area contributed by atoms with Crippen molar-refractivity contribution in [3.8, 4) is 0 Å². The predicted octanol–water partition coefficient (Wildman–Crippen LogP) is 1.20. The fourth-order valence-electron chi connectivity index (χ4n) is 1.65. The minimum Gasteiger partial charge on any atom is -0.381 e. The maximum Gasteiger partial charge on any atom is 0.415 e. The molecular formula is C11H19F3N2O2. The number of hydrogen-bond acceptors (Lipinski definition) is 3. The van der Waals surface area contributed by atoms with Gasteiger partial charge in [0.2, 0.25) is 5.91 Å². The molecule has 0 aliphatic carbocycles. The molecular weight excluding hydrogens is 249 g/mol. The van der Waals surface area contributed by atoms with Crippen molar-refractivity contribution in [3.05, 3.63) is 0 Å². The summed E-state index contributed by atoms with van der Waals surface area (Å²) in [6.45, 7) is 3.89. The zero-order chi connectivity index (χ0) is 14.0. The maximum atomic E-state index is 12.5. The van der Waals surface area contributed by atoms with Gasteiger partial charge in [-0.3, -0.25) is 4.79 Å². The molecule has 0 bridgehead atoms. The first-order chi connectivity index (χ1) is 8.08. The summed E-state index contributed by atoms with van der Waals surface area (Å²) in [5.74, 6) is -1.19. The Morgan fingerprint density at radius 2 is 1.89 bits per heavy atom. The first-order valence-electron chi connectivity index (χ1n) is 5.80. The van der Waals surface area contributed by atoms with E-state index in [0.29, 0.717) is 33.0 Å².